The molecule has 0 aromatic heterocycles. The van der Waals surface area contributed by atoms with Crippen LogP contribution in [0.3, 0.4) is 0 Å². The van der Waals surface area contributed by atoms with Crippen LogP contribution in [0.5, 0.6) is 0 Å². The third-order valence-electron chi connectivity index (χ3n) is 4.86. The molecule has 1 heterocycles. The van der Waals surface area contributed by atoms with Crippen molar-refractivity contribution in [1.82, 2.24) is 5.06 Å². The van der Waals surface area contributed by atoms with E-state index in [2.05, 4.69) is 0 Å². The Labute approximate surface area is 168 Å². The number of carbonyl (C=O) groups is 2. The first-order chi connectivity index (χ1) is 13.6. The summed E-state index contributed by atoms with van der Waals surface area (Å²) >= 11 is 0. The number of allylic oxidation sites excluding steroid dienone is 2. The number of hydrogen-bond acceptors (Lipinski definition) is 7. The molecule has 0 fully saturated rings. The predicted octanol–water partition coefficient (Wildman–Crippen LogP) is 3.75. The Bertz CT molecular complexity index is 904. The minimum Gasteiger partial charge on any atom is -0.478 e. The largest absolute Gasteiger partial charge is 0.478 e. The highest BCUT2D eigenvalue weighted by atomic mass is 16.6. The maximum Gasteiger partial charge on any atom is 0.337 e. The molecule has 2 N–H and O–H groups in total. The molecule has 0 spiro atoms. The monoisotopic (exact) mass is 404 g/mol. The first-order valence-electron chi connectivity index (χ1n) is 9.19. The third kappa shape index (κ3) is 4.45. The van der Waals surface area contributed by atoms with Crippen molar-refractivity contribution >= 4 is 17.6 Å². The highest BCUT2D eigenvalue weighted by Crippen LogP contribution is 2.42. The van der Waals surface area contributed by atoms with E-state index in [1.165, 1.54) is 38.1 Å². The van der Waals surface area contributed by atoms with Crippen LogP contribution in [0, 0.1) is 10.1 Å². The van der Waals surface area contributed by atoms with Crippen molar-refractivity contribution in [2.75, 3.05) is 0 Å². The fraction of sp³-hybridized carbons (Fsp3) is 0.400. The van der Waals surface area contributed by atoms with Crippen molar-refractivity contribution in [2.45, 2.75) is 52.6 Å². The number of benzene rings is 1. The summed E-state index contributed by atoms with van der Waals surface area (Å²) in [7, 11) is 0. The molecule has 0 radical (unpaired) electrons. The molecule has 1 aromatic carbocycles. The van der Waals surface area contributed by atoms with Gasteiger partial charge in [0.1, 0.15) is 0 Å². The summed E-state index contributed by atoms with van der Waals surface area (Å²) in [6.45, 7) is 6.52. The molecule has 0 saturated carbocycles. The van der Waals surface area contributed by atoms with E-state index in [0.29, 0.717) is 11.5 Å². The van der Waals surface area contributed by atoms with Crippen molar-refractivity contribution in [2.24, 2.45) is 0 Å². The van der Waals surface area contributed by atoms with Gasteiger partial charge in [-0.05, 0) is 32.8 Å². The average Bonchev–Trinajstić information content (AvgIpc) is 2.65. The zero-order valence-corrected chi connectivity index (χ0v) is 16.7. The van der Waals surface area contributed by atoms with E-state index >= 15 is 0 Å². The van der Waals surface area contributed by atoms with Gasteiger partial charge in [-0.2, -0.15) is 0 Å². The van der Waals surface area contributed by atoms with Gasteiger partial charge in [-0.3, -0.25) is 15.3 Å². The van der Waals surface area contributed by atoms with Gasteiger partial charge in [-0.15, -0.1) is 0 Å². The van der Waals surface area contributed by atoms with E-state index in [4.69, 9.17) is 4.74 Å². The smallest absolute Gasteiger partial charge is 0.337 e. The van der Waals surface area contributed by atoms with Crippen LogP contribution in [-0.2, 0) is 14.3 Å². The van der Waals surface area contributed by atoms with Gasteiger partial charge in [0.05, 0.1) is 39.5 Å². The van der Waals surface area contributed by atoms with Crippen molar-refractivity contribution in [3.05, 3.63) is 62.5 Å². The van der Waals surface area contributed by atoms with E-state index < -0.39 is 28.9 Å². The lowest BCUT2D eigenvalue weighted by atomic mass is 9.80. The number of hydrogen-bond donors (Lipinski definition) is 2. The van der Waals surface area contributed by atoms with Gasteiger partial charge in [0.25, 0.3) is 5.69 Å². The summed E-state index contributed by atoms with van der Waals surface area (Å²) < 4.78 is 5.46. The van der Waals surface area contributed by atoms with Gasteiger partial charge in [-0.25, -0.2) is 14.7 Å². The molecule has 0 aliphatic carbocycles. The summed E-state index contributed by atoms with van der Waals surface area (Å²) in [5.41, 5.74) is -0.186. The first kappa shape index (κ1) is 22.1. The molecule has 29 heavy (non-hydrogen) atoms. The number of rotatable bonds is 7. The average molecular weight is 404 g/mol. The third-order valence-corrected chi connectivity index (χ3v) is 4.86. The number of carboxylic acid groups (broad SMARTS) is 1. The molecule has 1 aliphatic heterocycles. The molecule has 2 atom stereocenters. The minimum atomic E-state index is -1.35. The molecule has 2 unspecified atom stereocenters. The zero-order valence-electron chi connectivity index (χ0n) is 16.7. The molecule has 1 aliphatic rings. The highest BCUT2D eigenvalue weighted by Gasteiger charge is 2.40. The Hall–Kier alpha value is -3.20. The van der Waals surface area contributed by atoms with Crippen LogP contribution in [0.2, 0.25) is 0 Å². The van der Waals surface area contributed by atoms with Crippen LogP contribution in [-0.4, -0.2) is 38.3 Å². The Balaban J connectivity index is 2.67. The summed E-state index contributed by atoms with van der Waals surface area (Å²) in [6.07, 6.45) is 0.987. The number of nitrogens with zero attached hydrogens (tertiary/aromatic N) is 2. The number of ether oxygens (including phenoxy) is 1. The molecule has 0 bridgehead atoms. The maximum atomic E-state index is 12.9. The van der Waals surface area contributed by atoms with Crippen LogP contribution in [0.1, 0.15) is 52.0 Å². The van der Waals surface area contributed by atoms with E-state index in [-0.39, 0.29) is 33.8 Å². The number of aliphatic carboxylic acids is 1. The molecule has 0 amide bonds. The highest BCUT2D eigenvalue weighted by molar-refractivity contribution is 5.99. The Kier molecular flexibility index (Phi) is 6.76. The van der Waals surface area contributed by atoms with Crippen molar-refractivity contribution in [1.29, 1.82) is 0 Å². The van der Waals surface area contributed by atoms with Gasteiger partial charge < -0.3 is 9.84 Å². The molecule has 9 heteroatoms. The zero-order chi connectivity index (χ0) is 21.9. The van der Waals surface area contributed by atoms with Gasteiger partial charge in [-0.1, -0.05) is 25.5 Å². The van der Waals surface area contributed by atoms with E-state index in [9.17, 15) is 30.0 Å². The van der Waals surface area contributed by atoms with Crippen molar-refractivity contribution < 1.29 is 29.6 Å². The first-order valence-corrected chi connectivity index (χ1v) is 9.19. The molecule has 1 aromatic rings. The number of non-ortho nitro benzene ring substituents is 1. The molecule has 0 saturated heterocycles. The summed E-state index contributed by atoms with van der Waals surface area (Å²) in [4.78, 5) is 35.6. The van der Waals surface area contributed by atoms with Gasteiger partial charge >= 0.3 is 11.9 Å². The Morgan fingerprint density at radius 3 is 2.45 bits per heavy atom. The molecular weight excluding hydrogens is 380 g/mol. The fourth-order valence-electron chi connectivity index (χ4n) is 3.45. The lowest BCUT2D eigenvalue weighted by molar-refractivity contribution is -0.384. The second kappa shape index (κ2) is 8.87. The number of esters is 1. The quantitative estimate of drug-likeness (QED) is 0.399. The van der Waals surface area contributed by atoms with E-state index in [1.54, 1.807) is 6.92 Å². The number of nitro groups is 1. The van der Waals surface area contributed by atoms with Crippen molar-refractivity contribution in [3.8, 4) is 0 Å². The van der Waals surface area contributed by atoms with E-state index in [1.807, 2.05) is 6.92 Å². The van der Waals surface area contributed by atoms with Crippen molar-refractivity contribution in [3.63, 3.8) is 0 Å². The maximum absolute atomic E-state index is 12.9. The standard InChI is InChI=1S/C20H24N2O7/c1-5-7-11(2)29-20(25)17-13(4)21(26)12(3)16(19(23)24)18(17)14-8-6-9-15(10-14)22(27)28/h6,8-11,18,26H,5,7H2,1-4H3,(H,23,24). The van der Waals surface area contributed by atoms with Gasteiger partial charge in [0.15, 0.2) is 0 Å². The molecule has 9 nitrogen and oxygen atoms in total. The minimum absolute atomic E-state index is 0.0182. The molecule has 156 valence electrons. The van der Waals surface area contributed by atoms with Crippen LogP contribution in [0.25, 0.3) is 0 Å². The van der Waals surface area contributed by atoms with Crippen LogP contribution < -0.4 is 0 Å². The summed E-state index contributed by atoms with van der Waals surface area (Å²) in [5.74, 6) is -3.25. The predicted molar refractivity (Wildman–Crippen MR) is 103 cm³/mol. The van der Waals surface area contributed by atoms with Crippen LogP contribution >= 0.6 is 0 Å². The Morgan fingerprint density at radius 1 is 1.28 bits per heavy atom. The number of carbonyl (C=O) groups excluding carboxylic acids is 1. The summed E-state index contributed by atoms with van der Waals surface area (Å²) in [6, 6.07) is 5.44. The second-order valence-corrected chi connectivity index (χ2v) is 6.90. The van der Waals surface area contributed by atoms with Crippen LogP contribution in [0.15, 0.2) is 46.8 Å². The fourth-order valence-corrected chi connectivity index (χ4v) is 3.45. The SMILES string of the molecule is CCCC(C)OC(=O)C1=C(C)N(O)C(C)=C(C(=O)O)C1c1cccc([N+](=O)[O-])c1. The van der Waals surface area contributed by atoms with Gasteiger partial charge in [0, 0.05) is 12.1 Å². The number of nitro benzene ring substituents is 1. The normalized spacial score (nSPS) is 18.0. The topological polar surface area (TPSA) is 130 Å². The second-order valence-electron chi connectivity index (χ2n) is 6.90. The molecule has 2 rings (SSSR count). The van der Waals surface area contributed by atoms with Gasteiger partial charge in [0.2, 0.25) is 0 Å². The van der Waals surface area contributed by atoms with Crippen LogP contribution in [0.4, 0.5) is 5.69 Å². The van der Waals surface area contributed by atoms with E-state index in [0.717, 1.165) is 6.42 Å². The lowest BCUT2D eigenvalue weighted by Crippen LogP contribution is -2.34. The lowest BCUT2D eigenvalue weighted by Gasteiger charge is -2.33. The Morgan fingerprint density at radius 2 is 1.90 bits per heavy atom. The molecular formula is C20H24N2O7. The summed E-state index contributed by atoms with van der Waals surface area (Å²) in [5, 5.41) is 32.0. The number of hydroxylamine groups is 2. The number of carboxylic acids is 1.